The van der Waals surface area contributed by atoms with Crippen LogP contribution in [0.15, 0.2) is 28.0 Å². The van der Waals surface area contributed by atoms with Gasteiger partial charge in [-0.1, -0.05) is 31.1 Å². The van der Waals surface area contributed by atoms with Crippen LogP contribution in [-0.4, -0.2) is 18.7 Å². The molecule has 0 radical (unpaired) electrons. The van der Waals surface area contributed by atoms with Gasteiger partial charge in [0.2, 0.25) is 6.41 Å². The Hall–Kier alpha value is -1.58. The number of amides is 1. The van der Waals surface area contributed by atoms with Gasteiger partial charge in [-0.3, -0.25) is 10.2 Å². The molecular formula is C16H29N3O. The molecule has 0 spiro atoms. The number of carbonyl (C=O) groups excluding carboxylic acids is 1. The normalized spacial score (nSPS) is 14.9. The van der Waals surface area contributed by atoms with E-state index in [0.717, 1.165) is 32.1 Å². The Morgan fingerprint density at radius 3 is 2.50 bits per heavy atom. The molecule has 4 heteroatoms. The Morgan fingerprint density at radius 1 is 1.30 bits per heavy atom. The summed E-state index contributed by atoms with van der Waals surface area (Å²) < 4.78 is 0. The third kappa shape index (κ3) is 7.12. The number of hydrogen-bond donors (Lipinski definition) is 2. The number of nitrogens with zero attached hydrogens (tertiary/aromatic N) is 1. The number of nitrogens with one attached hydrogen (secondary N) is 2. The summed E-state index contributed by atoms with van der Waals surface area (Å²) in [4.78, 5) is 10.6. The number of rotatable bonds is 10. The smallest absolute Gasteiger partial charge is 0.207 e. The number of hydrazone groups is 1. The lowest BCUT2D eigenvalue weighted by Gasteiger charge is -2.17. The molecule has 1 amide bonds. The molecular weight excluding hydrogens is 250 g/mol. The van der Waals surface area contributed by atoms with Gasteiger partial charge < -0.3 is 5.32 Å². The highest BCUT2D eigenvalue weighted by Gasteiger charge is 2.09. The fourth-order valence-corrected chi connectivity index (χ4v) is 1.96. The topological polar surface area (TPSA) is 53.5 Å². The summed E-state index contributed by atoms with van der Waals surface area (Å²) in [6.45, 7) is 10.3. The molecule has 0 aromatic rings. The van der Waals surface area contributed by atoms with Gasteiger partial charge in [0.25, 0.3) is 0 Å². The van der Waals surface area contributed by atoms with Crippen molar-refractivity contribution in [2.75, 3.05) is 0 Å². The van der Waals surface area contributed by atoms with Crippen molar-refractivity contribution in [2.45, 2.75) is 66.3 Å². The molecule has 2 N–H and O–H groups in total. The van der Waals surface area contributed by atoms with Crippen molar-refractivity contribution in [1.29, 1.82) is 0 Å². The standard InChI is InChI=1S/C16H29N3O/c1-6-9-15(14(5)17-12-20)10-11-16(13(4)7-2)19-18-8-3/h8-9,12,14,19H,6-7,10-11H2,1-5H3,(H,17,20)/b15-9-,16-13-,18-8-. The Labute approximate surface area is 123 Å². The fourth-order valence-electron chi connectivity index (χ4n) is 1.96. The Bertz CT molecular complexity index is 370. The van der Waals surface area contributed by atoms with Crippen LogP contribution in [0.2, 0.25) is 0 Å². The highest BCUT2D eigenvalue weighted by atomic mass is 16.1. The van der Waals surface area contributed by atoms with E-state index in [2.05, 4.69) is 42.7 Å². The van der Waals surface area contributed by atoms with Crippen molar-refractivity contribution < 1.29 is 4.79 Å². The van der Waals surface area contributed by atoms with Gasteiger partial charge in [0.1, 0.15) is 0 Å². The van der Waals surface area contributed by atoms with Gasteiger partial charge in [0, 0.05) is 18.0 Å². The maximum Gasteiger partial charge on any atom is 0.207 e. The van der Waals surface area contributed by atoms with E-state index in [4.69, 9.17) is 0 Å². The van der Waals surface area contributed by atoms with E-state index in [-0.39, 0.29) is 6.04 Å². The molecule has 0 aliphatic carbocycles. The van der Waals surface area contributed by atoms with E-state index in [1.165, 1.54) is 16.8 Å². The molecule has 1 unspecified atom stereocenters. The molecule has 0 heterocycles. The number of carbonyl (C=O) groups is 1. The summed E-state index contributed by atoms with van der Waals surface area (Å²) >= 11 is 0. The van der Waals surface area contributed by atoms with Crippen LogP contribution in [0.3, 0.4) is 0 Å². The van der Waals surface area contributed by atoms with Crippen molar-refractivity contribution in [3.63, 3.8) is 0 Å². The molecule has 0 fully saturated rings. The third-order valence-corrected chi connectivity index (χ3v) is 3.38. The van der Waals surface area contributed by atoms with Gasteiger partial charge >= 0.3 is 0 Å². The second-order valence-corrected chi connectivity index (χ2v) is 4.81. The minimum absolute atomic E-state index is 0.0882. The van der Waals surface area contributed by atoms with E-state index < -0.39 is 0 Å². The summed E-state index contributed by atoms with van der Waals surface area (Å²) in [5, 5.41) is 6.95. The lowest BCUT2D eigenvalue weighted by Crippen LogP contribution is -2.26. The molecule has 1 atom stereocenters. The molecule has 114 valence electrons. The minimum Gasteiger partial charge on any atom is -0.352 e. The molecule has 0 aliphatic heterocycles. The molecule has 0 bridgehead atoms. The van der Waals surface area contributed by atoms with Crippen LogP contribution in [0, 0.1) is 0 Å². The van der Waals surface area contributed by atoms with Crippen LogP contribution in [0.4, 0.5) is 0 Å². The molecule has 0 aromatic heterocycles. The summed E-state index contributed by atoms with van der Waals surface area (Å²) in [7, 11) is 0. The summed E-state index contributed by atoms with van der Waals surface area (Å²) in [5.74, 6) is 0. The first kappa shape index (κ1) is 18.4. The maximum absolute atomic E-state index is 10.6. The first-order valence-corrected chi connectivity index (χ1v) is 7.41. The zero-order valence-electron chi connectivity index (χ0n) is 13.5. The van der Waals surface area contributed by atoms with Crippen molar-refractivity contribution in [2.24, 2.45) is 5.10 Å². The maximum atomic E-state index is 10.6. The van der Waals surface area contributed by atoms with Crippen molar-refractivity contribution in [3.05, 3.63) is 22.9 Å². The van der Waals surface area contributed by atoms with Gasteiger partial charge in [-0.15, -0.1) is 0 Å². The summed E-state index contributed by atoms with van der Waals surface area (Å²) in [6, 6.07) is 0.0882. The second-order valence-electron chi connectivity index (χ2n) is 4.81. The molecule has 0 rings (SSSR count). The monoisotopic (exact) mass is 279 g/mol. The first-order valence-electron chi connectivity index (χ1n) is 7.41. The highest BCUT2D eigenvalue weighted by molar-refractivity contribution is 5.52. The van der Waals surface area contributed by atoms with Gasteiger partial charge in [0.05, 0.1) is 0 Å². The van der Waals surface area contributed by atoms with Gasteiger partial charge in [0.15, 0.2) is 0 Å². The largest absolute Gasteiger partial charge is 0.352 e. The lowest BCUT2D eigenvalue weighted by atomic mass is 9.99. The van der Waals surface area contributed by atoms with Crippen LogP contribution in [0.25, 0.3) is 0 Å². The van der Waals surface area contributed by atoms with Gasteiger partial charge in [-0.25, -0.2) is 0 Å². The zero-order chi connectivity index (χ0) is 15.4. The molecule has 0 saturated carbocycles. The van der Waals surface area contributed by atoms with Crippen molar-refractivity contribution in [3.8, 4) is 0 Å². The molecule has 4 nitrogen and oxygen atoms in total. The zero-order valence-corrected chi connectivity index (χ0v) is 13.5. The van der Waals surface area contributed by atoms with Gasteiger partial charge in [-0.2, -0.15) is 5.10 Å². The fraction of sp³-hybridized carbons (Fsp3) is 0.625. The van der Waals surface area contributed by atoms with E-state index in [0.29, 0.717) is 0 Å². The quantitative estimate of drug-likeness (QED) is 0.278. The van der Waals surface area contributed by atoms with Crippen molar-refractivity contribution >= 4 is 12.6 Å². The molecule has 20 heavy (non-hydrogen) atoms. The van der Waals surface area contributed by atoms with Crippen LogP contribution in [-0.2, 0) is 4.79 Å². The first-order chi connectivity index (χ1) is 9.60. The van der Waals surface area contributed by atoms with E-state index >= 15 is 0 Å². The van der Waals surface area contributed by atoms with Crippen molar-refractivity contribution in [1.82, 2.24) is 10.7 Å². The van der Waals surface area contributed by atoms with E-state index in [1.807, 2.05) is 13.8 Å². The second kappa shape index (κ2) is 11.3. The van der Waals surface area contributed by atoms with Crippen LogP contribution in [0.1, 0.15) is 60.3 Å². The molecule has 0 saturated heterocycles. The van der Waals surface area contributed by atoms with Gasteiger partial charge in [-0.05, 0) is 46.5 Å². The van der Waals surface area contributed by atoms with Crippen LogP contribution < -0.4 is 10.7 Å². The third-order valence-electron chi connectivity index (χ3n) is 3.38. The average Bonchev–Trinajstić information content (AvgIpc) is 2.45. The van der Waals surface area contributed by atoms with Crippen LogP contribution in [0.5, 0.6) is 0 Å². The van der Waals surface area contributed by atoms with E-state index in [1.54, 1.807) is 6.21 Å². The van der Waals surface area contributed by atoms with Crippen LogP contribution >= 0.6 is 0 Å². The Morgan fingerprint density at radius 2 is 2.00 bits per heavy atom. The Balaban J connectivity index is 4.79. The summed E-state index contributed by atoms with van der Waals surface area (Å²) in [6.07, 6.45) is 8.54. The predicted octanol–water partition coefficient (Wildman–Crippen LogP) is 3.52. The summed E-state index contributed by atoms with van der Waals surface area (Å²) in [5.41, 5.74) is 6.88. The SMILES string of the molecule is C/C=N\N/C(CC/C(=C/CC)C(C)NC=O)=C(/C)CC. The molecule has 0 aromatic carbocycles. The molecule has 0 aliphatic rings. The lowest BCUT2D eigenvalue weighted by molar-refractivity contribution is -0.109. The van der Waals surface area contributed by atoms with E-state index in [9.17, 15) is 4.79 Å². The average molecular weight is 279 g/mol. The number of allylic oxidation sites excluding steroid dienone is 3. The highest BCUT2D eigenvalue weighted by Crippen LogP contribution is 2.18. The Kier molecular flexibility index (Phi) is 10.4. The predicted molar refractivity (Wildman–Crippen MR) is 86.6 cm³/mol. The minimum atomic E-state index is 0.0882. The number of hydrogen-bond acceptors (Lipinski definition) is 3.